The lowest BCUT2D eigenvalue weighted by Gasteiger charge is -2.27. The summed E-state index contributed by atoms with van der Waals surface area (Å²) in [7, 11) is 0. The maximum absolute atomic E-state index is 12.8. The van der Waals surface area contributed by atoms with E-state index in [-0.39, 0.29) is 12.5 Å². The van der Waals surface area contributed by atoms with Crippen molar-refractivity contribution in [2.75, 3.05) is 13.1 Å². The summed E-state index contributed by atoms with van der Waals surface area (Å²) in [5, 5.41) is 33.1. The fourth-order valence-electron chi connectivity index (χ4n) is 3.71. The number of aliphatic carboxylic acids is 2. The molecule has 0 heterocycles. The molecule has 2 atom stereocenters. The number of nitrogens with one attached hydrogen (secondary N) is 1. The molecule has 2 amide bonds. The maximum atomic E-state index is 12.8. The molecular weight excluding hydrogens is 436 g/mol. The topological polar surface area (TPSA) is 127 Å². The van der Waals surface area contributed by atoms with Gasteiger partial charge in [-0.3, -0.25) is 0 Å². The van der Waals surface area contributed by atoms with Crippen molar-refractivity contribution in [3.05, 3.63) is 72.3 Å². The molecule has 4 N–H and O–H groups in total. The summed E-state index contributed by atoms with van der Waals surface area (Å²) in [6.45, 7) is 3.36. The minimum atomic E-state index is -1.77. The standard InChI is InChI=1S/C26H28N2O6/c1-16(2)14-28(15-22(29)24(30)31)26(34)27-23(25(32)33)19-10-7-18(8-11-19)21-12-9-17-5-3-4-6-20(17)13-21/h3-13,16,22-23,29H,14-15H2,1-2H3,(H,27,34)(H,30,31)(H,32,33). The van der Waals surface area contributed by atoms with E-state index in [9.17, 15) is 24.6 Å². The lowest BCUT2D eigenvalue weighted by Crippen LogP contribution is -2.49. The largest absolute Gasteiger partial charge is 0.479 e. The summed E-state index contributed by atoms with van der Waals surface area (Å²) in [6.07, 6.45) is -1.77. The third-order valence-electron chi connectivity index (χ3n) is 5.39. The van der Waals surface area contributed by atoms with Crippen LogP contribution in [0.15, 0.2) is 66.7 Å². The highest BCUT2D eigenvalue weighted by Crippen LogP contribution is 2.26. The Morgan fingerprint density at radius 1 is 0.824 bits per heavy atom. The number of hydrogen-bond acceptors (Lipinski definition) is 4. The zero-order chi connectivity index (χ0) is 24.8. The number of fused-ring (bicyclic) bond motifs is 1. The molecular formula is C26H28N2O6. The van der Waals surface area contributed by atoms with E-state index in [1.807, 2.05) is 50.2 Å². The number of carbonyl (C=O) groups is 3. The number of aliphatic hydroxyl groups is 1. The minimum Gasteiger partial charge on any atom is -0.479 e. The second-order valence-corrected chi connectivity index (χ2v) is 8.56. The zero-order valence-electron chi connectivity index (χ0n) is 19.0. The van der Waals surface area contributed by atoms with E-state index in [1.165, 1.54) is 0 Å². The van der Waals surface area contributed by atoms with Crippen molar-refractivity contribution in [3.63, 3.8) is 0 Å². The van der Waals surface area contributed by atoms with E-state index >= 15 is 0 Å². The van der Waals surface area contributed by atoms with Crippen LogP contribution in [-0.4, -0.2) is 57.4 Å². The highest BCUT2D eigenvalue weighted by molar-refractivity contribution is 5.88. The monoisotopic (exact) mass is 464 g/mol. The van der Waals surface area contributed by atoms with E-state index in [4.69, 9.17) is 5.11 Å². The van der Waals surface area contributed by atoms with Crippen LogP contribution < -0.4 is 5.32 Å². The van der Waals surface area contributed by atoms with E-state index in [1.54, 1.807) is 24.3 Å². The van der Waals surface area contributed by atoms with E-state index in [0.29, 0.717) is 5.56 Å². The van der Waals surface area contributed by atoms with Crippen LogP contribution in [0.25, 0.3) is 21.9 Å². The number of urea groups is 1. The third kappa shape index (κ3) is 6.11. The molecule has 3 aromatic rings. The highest BCUT2D eigenvalue weighted by atomic mass is 16.4. The number of carboxylic acids is 2. The molecule has 0 aliphatic rings. The minimum absolute atomic E-state index is 0.0174. The Labute approximate surface area is 197 Å². The molecule has 3 aromatic carbocycles. The SMILES string of the molecule is CC(C)CN(CC(O)C(=O)O)C(=O)NC(C(=O)O)c1ccc(-c2ccc3ccccc3c2)cc1. The summed E-state index contributed by atoms with van der Waals surface area (Å²) < 4.78 is 0. The van der Waals surface area contributed by atoms with Gasteiger partial charge in [-0.05, 0) is 39.4 Å². The summed E-state index contributed by atoms with van der Waals surface area (Å²) in [5.41, 5.74) is 2.25. The lowest BCUT2D eigenvalue weighted by molar-refractivity contribution is -0.147. The first kappa shape index (κ1) is 24.7. The average molecular weight is 465 g/mol. The molecule has 0 saturated carbocycles. The Hall–Kier alpha value is -3.91. The molecule has 0 spiro atoms. The molecule has 0 aliphatic carbocycles. The molecule has 3 rings (SSSR count). The van der Waals surface area contributed by atoms with Gasteiger partial charge in [-0.25, -0.2) is 14.4 Å². The third-order valence-corrected chi connectivity index (χ3v) is 5.39. The number of carbonyl (C=O) groups excluding carboxylic acids is 1. The number of nitrogens with zero attached hydrogens (tertiary/aromatic N) is 1. The molecule has 0 saturated heterocycles. The Bertz CT molecular complexity index is 1180. The predicted molar refractivity (Wildman–Crippen MR) is 128 cm³/mol. The second kappa shape index (κ2) is 10.8. The molecule has 8 nitrogen and oxygen atoms in total. The van der Waals surface area contributed by atoms with Crippen LogP contribution >= 0.6 is 0 Å². The Balaban J connectivity index is 1.80. The predicted octanol–water partition coefficient (Wildman–Crippen LogP) is 3.75. The Morgan fingerprint density at radius 2 is 1.44 bits per heavy atom. The van der Waals surface area contributed by atoms with E-state index in [2.05, 4.69) is 11.4 Å². The van der Waals surface area contributed by atoms with E-state index < -0.39 is 36.7 Å². The number of rotatable bonds is 9. The van der Waals surface area contributed by atoms with Gasteiger partial charge in [0.05, 0.1) is 6.54 Å². The normalized spacial score (nSPS) is 12.8. The Kier molecular flexibility index (Phi) is 7.86. The molecule has 0 aliphatic heterocycles. The van der Waals surface area contributed by atoms with Crippen LogP contribution in [-0.2, 0) is 9.59 Å². The lowest BCUT2D eigenvalue weighted by atomic mass is 9.98. The fourth-order valence-corrected chi connectivity index (χ4v) is 3.71. The Morgan fingerprint density at radius 3 is 2.03 bits per heavy atom. The first-order chi connectivity index (χ1) is 16.2. The van der Waals surface area contributed by atoms with Crippen LogP contribution in [0.2, 0.25) is 0 Å². The first-order valence-electron chi connectivity index (χ1n) is 10.9. The van der Waals surface area contributed by atoms with Crippen molar-refractivity contribution in [3.8, 4) is 11.1 Å². The fraction of sp³-hybridized carbons (Fsp3) is 0.269. The number of amides is 2. The smallest absolute Gasteiger partial charge is 0.334 e. The molecule has 8 heteroatoms. The first-order valence-corrected chi connectivity index (χ1v) is 10.9. The van der Waals surface area contributed by atoms with Gasteiger partial charge in [-0.1, -0.05) is 74.5 Å². The van der Waals surface area contributed by atoms with Crippen molar-refractivity contribution in [2.45, 2.75) is 26.0 Å². The van der Waals surface area contributed by atoms with Crippen molar-refractivity contribution in [1.82, 2.24) is 10.2 Å². The van der Waals surface area contributed by atoms with Gasteiger partial charge >= 0.3 is 18.0 Å². The van der Waals surface area contributed by atoms with Crippen molar-refractivity contribution < 1.29 is 29.7 Å². The van der Waals surface area contributed by atoms with Crippen LogP contribution in [0.4, 0.5) is 4.79 Å². The maximum Gasteiger partial charge on any atom is 0.334 e. The van der Waals surface area contributed by atoms with Gasteiger partial charge in [0, 0.05) is 6.54 Å². The van der Waals surface area contributed by atoms with Crippen LogP contribution in [0.5, 0.6) is 0 Å². The van der Waals surface area contributed by atoms with Gasteiger partial charge in [0.1, 0.15) is 0 Å². The van der Waals surface area contributed by atoms with Gasteiger partial charge in [0.25, 0.3) is 0 Å². The van der Waals surface area contributed by atoms with Gasteiger partial charge in [-0.2, -0.15) is 0 Å². The van der Waals surface area contributed by atoms with Crippen molar-refractivity contribution in [1.29, 1.82) is 0 Å². The van der Waals surface area contributed by atoms with Crippen molar-refractivity contribution >= 4 is 28.7 Å². The number of hydrogen-bond donors (Lipinski definition) is 4. The quantitative estimate of drug-likeness (QED) is 0.382. The molecule has 34 heavy (non-hydrogen) atoms. The molecule has 0 bridgehead atoms. The molecule has 2 unspecified atom stereocenters. The van der Waals surface area contributed by atoms with Crippen LogP contribution in [0.1, 0.15) is 25.5 Å². The van der Waals surface area contributed by atoms with Crippen molar-refractivity contribution in [2.24, 2.45) is 5.92 Å². The summed E-state index contributed by atoms with van der Waals surface area (Å²) in [6, 6.07) is 18.8. The summed E-state index contributed by atoms with van der Waals surface area (Å²) in [5.74, 6) is -2.73. The molecule has 0 radical (unpaired) electrons. The molecule has 0 aromatic heterocycles. The van der Waals surface area contributed by atoms with E-state index in [0.717, 1.165) is 26.8 Å². The zero-order valence-corrected chi connectivity index (χ0v) is 19.0. The van der Waals surface area contributed by atoms with Crippen LogP contribution in [0.3, 0.4) is 0 Å². The number of carboxylic acid groups (broad SMARTS) is 2. The van der Waals surface area contributed by atoms with Crippen LogP contribution in [0, 0.1) is 5.92 Å². The summed E-state index contributed by atoms with van der Waals surface area (Å²) >= 11 is 0. The molecule has 178 valence electrons. The highest BCUT2D eigenvalue weighted by Gasteiger charge is 2.28. The van der Waals surface area contributed by atoms with Gasteiger partial charge in [-0.15, -0.1) is 0 Å². The van der Waals surface area contributed by atoms with Gasteiger partial charge in [0.15, 0.2) is 12.1 Å². The number of benzene rings is 3. The van der Waals surface area contributed by atoms with Gasteiger partial charge in [0.2, 0.25) is 0 Å². The second-order valence-electron chi connectivity index (χ2n) is 8.56. The molecule has 0 fully saturated rings. The van der Waals surface area contributed by atoms with Gasteiger partial charge < -0.3 is 25.5 Å². The summed E-state index contributed by atoms with van der Waals surface area (Å²) in [4.78, 5) is 36.8. The number of aliphatic hydroxyl groups excluding tert-OH is 1. The average Bonchev–Trinajstić information content (AvgIpc) is 2.81.